The lowest BCUT2D eigenvalue weighted by Crippen LogP contribution is -2.63. The van der Waals surface area contributed by atoms with Crippen molar-refractivity contribution in [2.75, 3.05) is 6.61 Å². The summed E-state index contributed by atoms with van der Waals surface area (Å²) in [6.07, 6.45) is 7.29. The smallest absolute Gasteiger partial charge is 0.303 e. The molecular formula is C26H34O7. The first-order valence-corrected chi connectivity index (χ1v) is 11.8. The third-order valence-corrected chi connectivity index (χ3v) is 9.20. The highest BCUT2D eigenvalue weighted by Crippen LogP contribution is 2.68. The number of allylic oxidation sites excluding steroid dienone is 4. The number of carbonyl (C=O) groups is 4. The largest absolute Gasteiger partial charge is 0.462 e. The van der Waals surface area contributed by atoms with E-state index in [0.29, 0.717) is 12.8 Å². The Morgan fingerprint density at radius 2 is 1.88 bits per heavy atom. The summed E-state index contributed by atoms with van der Waals surface area (Å²) in [5, 5.41) is 11.9. The van der Waals surface area contributed by atoms with Gasteiger partial charge in [0, 0.05) is 30.6 Å². The zero-order chi connectivity index (χ0) is 24.3. The standard InChI is InChI=1S/C26H34O7/c1-14-10-20-19-7-6-17-11-18(29)8-9-24(17,4)23(19)21(33-16(3)28)12-25(20,5)26(14,31)22(30)13-32-15(2)27/h8-9,11,14,19-21,23,31H,6-7,10,12-13H2,1-5H3. The van der Waals surface area contributed by atoms with E-state index in [9.17, 15) is 24.3 Å². The summed E-state index contributed by atoms with van der Waals surface area (Å²) in [5.41, 5.74) is -1.89. The molecule has 3 fully saturated rings. The molecule has 0 aliphatic heterocycles. The van der Waals surface area contributed by atoms with Crippen LogP contribution in [0.4, 0.5) is 0 Å². The van der Waals surface area contributed by atoms with E-state index in [1.807, 2.05) is 19.9 Å². The van der Waals surface area contributed by atoms with Crippen molar-refractivity contribution >= 4 is 23.5 Å². The number of fused-ring (bicyclic) bond motifs is 5. The topological polar surface area (TPSA) is 107 Å². The number of Topliss-reactive ketones (excluding diaryl/α,β-unsaturated/α-hetero) is 1. The van der Waals surface area contributed by atoms with Gasteiger partial charge in [-0.15, -0.1) is 0 Å². The van der Waals surface area contributed by atoms with Gasteiger partial charge in [0.05, 0.1) is 0 Å². The summed E-state index contributed by atoms with van der Waals surface area (Å²) >= 11 is 0. The third kappa shape index (κ3) is 3.42. The second kappa shape index (κ2) is 7.90. The number of aliphatic hydroxyl groups is 1. The molecule has 7 heteroatoms. The number of rotatable bonds is 4. The molecule has 0 aromatic carbocycles. The fraction of sp³-hybridized carbons (Fsp3) is 0.692. The first-order valence-electron chi connectivity index (χ1n) is 11.8. The van der Waals surface area contributed by atoms with Crippen molar-refractivity contribution in [1.29, 1.82) is 0 Å². The van der Waals surface area contributed by atoms with Gasteiger partial charge in [-0.1, -0.05) is 32.4 Å². The van der Waals surface area contributed by atoms with Crippen LogP contribution in [0.5, 0.6) is 0 Å². The molecule has 4 aliphatic rings. The molecular weight excluding hydrogens is 424 g/mol. The van der Waals surface area contributed by atoms with Gasteiger partial charge in [0.15, 0.2) is 12.4 Å². The van der Waals surface area contributed by atoms with Crippen LogP contribution in [-0.2, 0) is 28.7 Å². The van der Waals surface area contributed by atoms with E-state index in [2.05, 4.69) is 6.92 Å². The second-order valence-corrected chi connectivity index (χ2v) is 10.9. The normalized spacial score (nSPS) is 43.6. The molecule has 180 valence electrons. The predicted molar refractivity (Wildman–Crippen MR) is 119 cm³/mol. The lowest BCUT2D eigenvalue weighted by molar-refractivity contribution is -0.195. The minimum Gasteiger partial charge on any atom is -0.462 e. The Balaban J connectivity index is 1.77. The van der Waals surface area contributed by atoms with Crippen LogP contribution in [0, 0.1) is 34.5 Å². The second-order valence-electron chi connectivity index (χ2n) is 10.9. The highest BCUT2D eigenvalue weighted by atomic mass is 16.5. The van der Waals surface area contributed by atoms with Gasteiger partial charge >= 0.3 is 11.9 Å². The fourth-order valence-corrected chi connectivity index (χ4v) is 7.82. The number of hydrogen-bond acceptors (Lipinski definition) is 7. The number of hydrogen-bond donors (Lipinski definition) is 1. The summed E-state index contributed by atoms with van der Waals surface area (Å²) in [4.78, 5) is 48.8. The highest BCUT2D eigenvalue weighted by Gasteiger charge is 2.71. The van der Waals surface area contributed by atoms with Gasteiger partial charge in [-0.25, -0.2) is 0 Å². The molecule has 7 nitrogen and oxygen atoms in total. The van der Waals surface area contributed by atoms with E-state index in [4.69, 9.17) is 9.47 Å². The molecule has 0 bridgehead atoms. The van der Waals surface area contributed by atoms with E-state index >= 15 is 0 Å². The molecule has 8 unspecified atom stereocenters. The number of esters is 2. The van der Waals surface area contributed by atoms with Gasteiger partial charge in [-0.3, -0.25) is 19.2 Å². The molecule has 0 amide bonds. The van der Waals surface area contributed by atoms with Crippen molar-refractivity contribution in [3.63, 3.8) is 0 Å². The van der Waals surface area contributed by atoms with Crippen molar-refractivity contribution in [2.45, 2.75) is 72.0 Å². The molecule has 4 rings (SSSR count). The first kappa shape index (κ1) is 23.9. The van der Waals surface area contributed by atoms with Gasteiger partial charge < -0.3 is 14.6 Å². The Kier molecular flexibility index (Phi) is 5.71. The van der Waals surface area contributed by atoms with Crippen LogP contribution < -0.4 is 0 Å². The van der Waals surface area contributed by atoms with E-state index in [-0.39, 0.29) is 29.5 Å². The minimum absolute atomic E-state index is 0.0226. The van der Waals surface area contributed by atoms with Crippen LogP contribution in [0.3, 0.4) is 0 Å². The SMILES string of the molecule is CC(=O)OCC(=O)C1(O)C(C)CC2C3CCC4=CC(=O)C=CC4(C)C3C(OC(C)=O)CC21C. The summed E-state index contributed by atoms with van der Waals surface area (Å²) in [5.74, 6) is -1.75. The quantitative estimate of drug-likeness (QED) is 0.646. The zero-order valence-corrected chi connectivity index (χ0v) is 20.1. The van der Waals surface area contributed by atoms with Crippen molar-refractivity contribution in [1.82, 2.24) is 0 Å². The van der Waals surface area contributed by atoms with Crippen LogP contribution in [0.15, 0.2) is 23.8 Å². The Bertz CT molecular complexity index is 964. The van der Waals surface area contributed by atoms with E-state index < -0.39 is 46.9 Å². The molecule has 8 atom stereocenters. The van der Waals surface area contributed by atoms with Crippen molar-refractivity contribution < 1.29 is 33.8 Å². The van der Waals surface area contributed by atoms with Gasteiger partial charge in [0.25, 0.3) is 0 Å². The molecule has 0 radical (unpaired) electrons. The average molecular weight is 459 g/mol. The fourth-order valence-electron chi connectivity index (χ4n) is 7.82. The minimum atomic E-state index is -1.69. The molecule has 0 aromatic heterocycles. The lowest BCUT2D eigenvalue weighted by atomic mass is 9.46. The summed E-state index contributed by atoms with van der Waals surface area (Å²) in [6.45, 7) is 8.04. The van der Waals surface area contributed by atoms with E-state index in [0.717, 1.165) is 18.4 Å². The van der Waals surface area contributed by atoms with Crippen LogP contribution in [0.1, 0.15) is 60.3 Å². The Labute approximate surface area is 194 Å². The summed E-state index contributed by atoms with van der Waals surface area (Å²) in [6, 6.07) is 0. The monoisotopic (exact) mass is 458 g/mol. The van der Waals surface area contributed by atoms with Crippen LogP contribution in [-0.4, -0.2) is 46.9 Å². The molecule has 0 heterocycles. The maximum absolute atomic E-state index is 13.3. The Hall–Kier alpha value is -2.28. The summed E-state index contributed by atoms with van der Waals surface area (Å²) < 4.78 is 10.9. The first-order chi connectivity index (χ1) is 15.3. The molecule has 4 aliphatic carbocycles. The van der Waals surface area contributed by atoms with Crippen molar-refractivity contribution in [2.24, 2.45) is 34.5 Å². The highest BCUT2D eigenvalue weighted by molar-refractivity contribution is 6.01. The number of ketones is 2. The van der Waals surface area contributed by atoms with Gasteiger partial charge in [0.2, 0.25) is 5.78 Å². The number of ether oxygens (including phenoxy) is 2. The molecule has 1 N–H and O–H groups in total. The summed E-state index contributed by atoms with van der Waals surface area (Å²) in [7, 11) is 0. The lowest BCUT2D eigenvalue weighted by Gasteiger charge is -2.60. The molecule has 3 saturated carbocycles. The van der Waals surface area contributed by atoms with E-state index in [1.54, 1.807) is 12.2 Å². The molecule has 0 saturated heterocycles. The van der Waals surface area contributed by atoms with Crippen LogP contribution in [0.25, 0.3) is 0 Å². The van der Waals surface area contributed by atoms with Gasteiger partial charge in [-0.2, -0.15) is 0 Å². The Morgan fingerprint density at radius 1 is 1.18 bits per heavy atom. The predicted octanol–water partition coefficient (Wildman–Crippen LogP) is 2.95. The molecule has 33 heavy (non-hydrogen) atoms. The maximum Gasteiger partial charge on any atom is 0.303 e. The van der Waals surface area contributed by atoms with Crippen LogP contribution in [0.2, 0.25) is 0 Å². The van der Waals surface area contributed by atoms with Crippen molar-refractivity contribution in [3.05, 3.63) is 23.8 Å². The van der Waals surface area contributed by atoms with Gasteiger partial charge in [-0.05, 0) is 55.6 Å². The molecule has 0 aromatic rings. The van der Waals surface area contributed by atoms with E-state index in [1.165, 1.54) is 13.8 Å². The third-order valence-electron chi connectivity index (χ3n) is 9.20. The Morgan fingerprint density at radius 3 is 2.52 bits per heavy atom. The van der Waals surface area contributed by atoms with Crippen LogP contribution >= 0.6 is 0 Å². The molecule has 0 spiro atoms. The van der Waals surface area contributed by atoms with Gasteiger partial charge in [0.1, 0.15) is 11.7 Å². The number of carbonyl (C=O) groups excluding carboxylic acids is 4. The average Bonchev–Trinajstić information content (AvgIpc) is 2.93. The maximum atomic E-state index is 13.3. The van der Waals surface area contributed by atoms with Crippen molar-refractivity contribution in [3.8, 4) is 0 Å². The zero-order valence-electron chi connectivity index (χ0n) is 20.1.